The Balaban J connectivity index is 2.28. The minimum atomic E-state index is 0.0861. The highest BCUT2D eigenvalue weighted by Crippen LogP contribution is 2.37. The molecular weight excluding hydrogens is 268 g/mol. The van der Waals surface area contributed by atoms with E-state index in [1.807, 2.05) is 6.92 Å². The fourth-order valence-corrected chi connectivity index (χ4v) is 3.11. The van der Waals surface area contributed by atoms with Crippen molar-refractivity contribution in [2.24, 2.45) is 5.92 Å². The Morgan fingerprint density at radius 1 is 1.19 bits per heavy atom. The van der Waals surface area contributed by atoms with Gasteiger partial charge < -0.3 is 9.47 Å². The van der Waals surface area contributed by atoms with Gasteiger partial charge in [0.1, 0.15) is 0 Å². The molecule has 2 nitrogen and oxygen atoms in total. The monoisotopic (exact) mass is 292 g/mol. The van der Waals surface area contributed by atoms with Crippen LogP contribution in [0.3, 0.4) is 0 Å². The van der Waals surface area contributed by atoms with Crippen LogP contribution in [-0.4, -0.2) is 30.8 Å². The van der Waals surface area contributed by atoms with Gasteiger partial charge in [-0.3, -0.25) is 0 Å². The first-order valence-corrected chi connectivity index (χ1v) is 7.66. The fraction of sp³-hybridized carbons (Fsp3) is 1.00. The van der Waals surface area contributed by atoms with Crippen LogP contribution >= 0.6 is 15.9 Å². The van der Waals surface area contributed by atoms with Crippen molar-refractivity contribution in [3.05, 3.63) is 0 Å². The molecule has 1 aliphatic rings. The topological polar surface area (TPSA) is 18.5 Å². The van der Waals surface area contributed by atoms with Crippen molar-refractivity contribution in [1.82, 2.24) is 0 Å². The molecule has 3 heteroatoms. The summed E-state index contributed by atoms with van der Waals surface area (Å²) < 4.78 is 11.4. The zero-order valence-electron chi connectivity index (χ0n) is 10.6. The van der Waals surface area contributed by atoms with Crippen LogP contribution < -0.4 is 0 Å². The number of alkyl halides is 1. The van der Waals surface area contributed by atoms with Gasteiger partial charge in [-0.15, -0.1) is 0 Å². The first-order chi connectivity index (χ1) is 7.76. The molecule has 0 unspecified atom stereocenters. The molecule has 1 aliphatic carbocycles. The average Bonchev–Trinajstić information content (AvgIpc) is 2.35. The molecule has 1 fully saturated rings. The van der Waals surface area contributed by atoms with E-state index in [0.29, 0.717) is 0 Å². The molecule has 0 heterocycles. The molecule has 0 bridgehead atoms. The van der Waals surface area contributed by atoms with Crippen molar-refractivity contribution in [3.63, 3.8) is 0 Å². The lowest BCUT2D eigenvalue weighted by molar-refractivity contribution is -0.0780. The molecule has 1 saturated carbocycles. The molecule has 0 aromatic carbocycles. The van der Waals surface area contributed by atoms with Crippen molar-refractivity contribution < 1.29 is 9.47 Å². The van der Waals surface area contributed by atoms with E-state index in [4.69, 9.17) is 9.47 Å². The van der Waals surface area contributed by atoms with Crippen molar-refractivity contribution in [1.29, 1.82) is 0 Å². The molecular formula is C13H25BrO2. The summed E-state index contributed by atoms with van der Waals surface area (Å²) in [5, 5.41) is 0.961. The zero-order chi connectivity index (χ0) is 11.9. The number of ether oxygens (including phenoxy) is 2. The Kier molecular flexibility index (Phi) is 6.94. The summed E-state index contributed by atoms with van der Waals surface area (Å²) in [5.74, 6) is 0.919. The van der Waals surface area contributed by atoms with E-state index in [0.717, 1.165) is 31.1 Å². The van der Waals surface area contributed by atoms with Gasteiger partial charge in [0.25, 0.3) is 0 Å². The third-order valence-electron chi connectivity index (χ3n) is 3.68. The first kappa shape index (κ1) is 14.5. The normalized spacial score (nSPS) is 30.6. The van der Waals surface area contributed by atoms with E-state index < -0.39 is 0 Å². The van der Waals surface area contributed by atoms with Crippen LogP contribution in [0.15, 0.2) is 0 Å². The SMILES string of the molecule is CCOCCOC1(CBr)CCC(CC)CC1. The van der Waals surface area contributed by atoms with E-state index in [2.05, 4.69) is 22.9 Å². The number of hydrogen-bond acceptors (Lipinski definition) is 2. The Hall–Kier alpha value is 0.400. The van der Waals surface area contributed by atoms with E-state index in [-0.39, 0.29) is 5.60 Å². The van der Waals surface area contributed by atoms with Crippen LogP contribution in [0.1, 0.15) is 46.0 Å². The second-order valence-corrected chi connectivity index (χ2v) is 5.27. The smallest absolute Gasteiger partial charge is 0.0780 e. The predicted octanol–water partition coefficient (Wildman–Crippen LogP) is 3.77. The Labute approximate surface area is 108 Å². The fourth-order valence-electron chi connectivity index (χ4n) is 2.39. The largest absolute Gasteiger partial charge is 0.379 e. The third-order valence-corrected chi connectivity index (χ3v) is 4.70. The summed E-state index contributed by atoms with van der Waals surface area (Å²) in [6, 6.07) is 0. The minimum Gasteiger partial charge on any atom is -0.379 e. The summed E-state index contributed by atoms with van der Waals surface area (Å²) in [6.45, 7) is 6.55. The Morgan fingerprint density at radius 3 is 2.38 bits per heavy atom. The predicted molar refractivity (Wildman–Crippen MR) is 71.2 cm³/mol. The first-order valence-electron chi connectivity index (χ1n) is 6.54. The van der Waals surface area contributed by atoms with Crippen molar-refractivity contribution >= 4 is 15.9 Å². The molecule has 1 rings (SSSR count). The van der Waals surface area contributed by atoms with Gasteiger partial charge >= 0.3 is 0 Å². The van der Waals surface area contributed by atoms with Crippen LogP contribution in [0, 0.1) is 5.92 Å². The maximum absolute atomic E-state index is 6.04. The van der Waals surface area contributed by atoms with Gasteiger partial charge in [0.05, 0.1) is 18.8 Å². The summed E-state index contributed by atoms with van der Waals surface area (Å²) in [6.07, 6.45) is 6.34. The molecule has 16 heavy (non-hydrogen) atoms. The molecule has 0 aliphatic heterocycles. The van der Waals surface area contributed by atoms with Gasteiger partial charge in [0, 0.05) is 11.9 Å². The molecule has 0 spiro atoms. The van der Waals surface area contributed by atoms with Gasteiger partial charge in [0.15, 0.2) is 0 Å². The van der Waals surface area contributed by atoms with E-state index in [9.17, 15) is 0 Å². The number of hydrogen-bond donors (Lipinski definition) is 0. The van der Waals surface area contributed by atoms with Crippen LogP contribution in [-0.2, 0) is 9.47 Å². The van der Waals surface area contributed by atoms with Crippen LogP contribution in [0.2, 0.25) is 0 Å². The van der Waals surface area contributed by atoms with Crippen LogP contribution in [0.5, 0.6) is 0 Å². The zero-order valence-corrected chi connectivity index (χ0v) is 12.2. The Morgan fingerprint density at radius 2 is 1.88 bits per heavy atom. The summed E-state index contributed by atoms with van der Waals surface area (Å²) in [4.78, 5) is 0. The second kappa shape index (κ2) is 7.67. The second-order valence-electron chi connectivity index (χ2n) is 4.71. The molecule has 0 aromatic heterocycles. The van der Waals surface area contributed by atoms with Crippen molar-refractivity contribution in [2.75, 3.05) is 25.2 Å². The maximum Gasteiger partial charge on any atom is 0.0780 e. The Bertz CT molecular complexity index is 177. The maximum atomic E-state index is 6.04. The molecule has 0 atom stereocenters. The standard InChI is InChI=1S/C13H25BrO2/c1-3-12-5-7-13(11-14,8-6-12)16-10-9-15-4-2/h12H,3-11H2,1-2H3. The van der Waals surface area contributed by atoms with Crippen LogP contribution in [0.25, 0.3) is 0 Å². The molecule has 0 aromatic rings. The van der Waals surface area contributed by atoms with Crippen molar-refractivity contribution in [2.45, 2.75) is 51.6 Å². The lowest BCUT2D eigenvalue weighted by Gasteiger charge is -2.38. The summed E-state index contributed by atoms with van der Waals surface area (Å²) in [5.41, 5.74) is 0.0861. The van der Waals surface area contributed by atoms with E-state index in [1.54, 1.807) is 0 Å². The molecule has 96 valence electrons. The van der Waals surface area contributed by atoms with Gasteiger partial charge in [-0.2, -0.15) is 0 Å². The average molecular weight is 293 g/mol. The quantitative estimate of drug-likeness (QED) is 0.525. The molecule has 0 amide bonds. The van der Waals surface area contributed by atoms with Gasteiger partial charge in [0.2, 0.25) is 0 Å². The summed E-state index contributed by atoms with van der Waals surface area (Å²) in [7, 11) is 0. The lowest BCUT2D eigenvalue weighted by atomic mass is 9.79. The number of rotatable bonds is 7. The van der Waals surface area contributed by atoms with Gasteiger partial charge in [-0.25, -0.2) is 0 Å². The van der Waals surface area contributed by atoms with E-state index >= 15 is 0 Å². The van der Waals surface area contributed by atoms with Crippen LogP contribution in [0.4, 0.5) is 0 Å². The van der Waals surface area contributed by atoms with Gasteiger partial charge in [-0.05, 0) is 38.5 Å². The number of halogens is 1. The van der Waals surface area contributed by atoms with Gasteiger partial charge in [-0.1, -0.05) is 29.3 Å². The minimum absolute atomic E-state index is 0.0861. The molecule has 0 saturated heterocycles. The van der Waals surface area contributed by atoms with E-state index in [1.165, 1.54) is 32.1 Å². The highest BCUT2D eigenvalue weighted by Gasteiger charge is 2.34. The lowest BCUT2D eigenvalue weighted by Crippen LogP contribution is -2.39. The molecule has 0 radical (unpaired) electrons. The highest BCUT2D eigenvalue weighted by atomic mass is 79.9. The molecule has 0 N–H and O–H groups in total. The highest BCUT2D eigenvalue weighted by molar-refractivity contribution is 9.09. The summed E-state index contributed by atoms with van der Waals surface area (Å²) >= 11 is 3.61. The third kappa shape index (κ3) is 4.34. The van der Waals surface area contributed by atoms with Crippen molar-refractivity contribution in [3.8, 4) is 0 Å².